The molecule has 0 spiro atoms. The van der Waals surface area contributed by atoms with Crippen molar-refractivity contribution in [2.24, 2.45) is 0 Å². The zero-order chi connectivity index (χ0) is 14.7. The lowest BCUT2D eigenvalue weighted by Gasteiger charge is -2.14. The normalized spacial score (nSPS) is 12.5. The van der Waals surface area contributed by atoms with Crippen molar-refractivity contribution in [3.63, 3.8) is 0 Å². The molecule has 0 fully saturated rings. The smallest absolute Gasteiger partial charge is 0.0724 e. The van der Waals surface area contributed by atoms with Crippen molar-refractivity contribution in [1.82, 2.24) is 15.3 Å². The molecule has 3 heteroatoms. The van der Waals surface area contributed by atoms with Crippen LogP contribution in [0.5, 0.6) is 0 Å². The predicted molar refractivity (Wildman–Crippen MR) is 86.0 cm³/mol. The van der Waals surface area contributed by atoms with Crippen LogP contribution in [0.15, 0.2) is 54.9 Å². The van der Waals surface area contributed by atoms with E-state index in [0.717, 1.165) is 17.9 Å². The fourth-order valence-electron chi connectivity index (χ4n) is 2.36. The van der Waals surface area contributed by atoms with Crippen LogP contribution in [0.3, 0.4) is 0 Å². The monoisotopic (exact) mass is 277 g/mol. The second kappa shape index (κ2) is 6.02. The summed E-state index contributed by atoms with van der Waals surface area (Å²) >= 11 is 0. The maximum atomic E-state index is 4.37. The number of aryl methyl sites for hydroxylation is 1. The first-order valence-electron chi connectivity index (χ1n) is 7.22. The van der Waals surface area contributed by atoms with E-state index in [1.807, 2.05) is 13.1 Å². The van der Waals surface area contributed by atoms with E-state index in [4.69, 9.17) is 0 Å². The summed E-state index contributed by atoms with van der Waals surface area (Å²) in [4.78, 5) is 8.64. The molecule has 1 unspecified atom stereocenters. The van der Waals surface area contributed by atoms with E-state index < -0.39 is 0 Å². The minimum atomic E-state index is 0.276. The van der Waals surface area contributed by atoms with Crippen LogP contribution in [-0.2, 0) is 6.54 Å². The Kier molecular flexibility index (Phi) is 3.93. The molecule has 0 bridgehead atoms. The lowest BCUT2D eigenvalue weighted by Crippen LogP contribution is -2.18. The van der Waals surface area contributed by atoms with Crippen molar-refractivity contribution in [3.8, 4) is 0 Å². The Morgan fingerprint density at radius 1 is 1.00 bits per heavy atom. The standard InChI is InChI=1S/C18H19N3/c1-13-10-21-18(11-19-13)12-20-14(2)16-8-7-15-5-3-4-6-17(15)9-16/h3-11,14,20H,12H2,1-2H3. The van der Waals surface area contributed by atoms with Gasteiger partial charge in [0.25, 0.3) is 0 Å². The quantitative estimate of drug-likeness (QED) is 0.788. The van der Waals surface area contributed by atoms with Crippen LogP contribution in [0, 0.1) is 6.92 Å². The predicted octanol–water partition coefficient (Wildman–Crippen LogP) is 3.79. The van der Waals surface area contributed by atoms with Crippen LogP contribution in [0.4, 0.5) is 0 Å². The molecular weight excluding hydrogens is 258 g/mol. The van der Waals surface area contributed by atoms with Gasteiger partial charge in [-0.3, -0.25) is 9.97 Å². The number of nitrogens with zero attached hydrogens (tertiary/aromatic N) is 2. The van der Waals surface area contributed by atoms with E-state index in [0.29, 0.717) is 0 Å². The van der Waals surface area contributed by atoms with Crippen molar-refractivity contribution in [2.45, 2.75) is 26.4 Å². The third kappa shape index (κ3) is 3.26. The summed E-state index contributed by atoms with van der Waals surface area (Å²) in [6, 6.07) is 15.3. The molecular formula is C18H19N3. The highest BCUT2D eigenvalue weighted by atomic mass is 14.9. The van der Waals surface area contributed by atoms with Crippen LogP contribution in [-0.4, -0.2) is 9.97 Å². The topological polar surface area (TPSA) is 37.8 Å². The lowest BCUT2D eigenvalue weighted by atomic mass is 10.0. The molecule has 21 heavy (non-hydrogen) atoms. The molecule has 0 saturated heterocycles. The fraction of sp³-hybridized carbons (Fsp3) is 0.222. The highest BCUT2D eigenvalue weighted by molar-refractivity contribution is 5.83. The van der Waals surface area contributed by atoms with Gasteiger partial charge in [-0.2, -0.15) is 0 Å². The summed E-state index contributed by atoms with van der Waals surface area (Å²) in [5.41, 5.74) is 3.20. The van der Waals surface area contributed by atoms with Crippen LogP contribution in [0.25, 0.3) is 10.8 Å². The van der Waals surface area contributed by atoms with Crippen LogP contribution in [0.2, 0.25) is 0 Å². The third-order valence-corrected chi connectivity index (χ3v) is 3.70. The Balaban J connectivity index is 1.71. The minimum absolute atomic E-state index is 0.276. The number of rotatable bonds is 4. The van der Waals surface area contributed by atoms with Gasteiger partial charge in [0.2, 0.25) is 0 Å². The summed E-state index contributed by atoms with van der Waals surface area (Å²) in [5.74, 6) is 0. The van der Waals surface area contributed by atoms with Crippen molar-refractivity contribution < 1.29 is 0 Å². The summed E-state index contributed by atoms with van der Waals surface area (Å²) in [6.45, 7) is 4.84. The van der Waals surface area contributed by atoms with E-state index in [1.165, 1.54) is 16.3 Å². The molecule has 0 amide bonds. The van der Waals surface area contributed by atoms with Crippen molar-refractivity contribution in [3.05, 3.63) is 71.8 Å². The van der Waals surface area contributed by atoms with E-state index in [9.17, 15) is 0 Å². The third-order valence-electron chi connectivity index (χ3n) is 3.70. The average Bonchev–Trinajstić information content (AvgIpc) is 2.53. The fourth-order valence-corrected chi connectivity index (χ4v) is 2.36. The lowest BCUT2D eigenvalue weighted by molar-refractivity contribution is 0.567. The van der Waals surface area contributed by atoms with Gasteiger partial charge in [-0.1, -0.05) is 36.4 Å². The summed E-state index contributed by atoms with van der Waals surface area (Å²) < 4.78 is 0. The number of hydrogen-bond acceptors (Lipinski definition) is 3. The van der Waals surface area contributed by atoms with Gasteiger partial charge in [0.1, 0.15) is 0 Å². The molecule has 106 valence electrons. The number of nitrogens with one attached hydrogen (secondary N) is 1. The zero-order valence-corrected chi connectivity index (χ0v) is 12.4. The van der Waals surface area contributed by atoms with Gasteiger partial charge >= 0.3 is 0 Å². The Bertz CT molecular complexity index is 735. The molecule has 0 aliphatic heterocycles. The van der Waals surface area contributed by atoms with Crippen molar-refractivity contribution in [1.29, 1.82) is 0 Å². The number of aromatic nitrogens is 2. The molecule has 3 nitrogen and oxygen atoms in total. The molecule has 1 N–H and O–H groups in total. The van der Waals surface area contributed by atoms with Crippen LogP contribution >= 0.6 is 0 Å². The minimum Gasteiger partial charge on any atom is -0.305 e. The molecule has 0 aliphatic rings. The van der Waals surface area contributed by atoms with Gasteiger partial charge in [0.05, 0.1) is 11.4 Å². The molecule has 0 aliphatic carbocycles. The van der Waals surface area contributed by atoms with E-state index in [1.54, 1.807) is 6.20 Å². The maximum absolute atomic E-state index is 4.37. The molecule has 2 aromatic carbocycles. The SMILES string of the molecule is Cc1cnc(CNC(C)c2ccc3ccccc3c2)cn1. The molecule has 1 atom stereocenters. The maximum Gasteiger partial charge on any atom is 0.0724 e. The Morgan fingerprint density at radius 3 is 2.57 bits per heavy atom. The highest BCUT2D eigenvalue weighted by Gasteiger charge is 2.06. The second-order valence-electron chi connectivity index (χ2n) is 5.36. The van der Waals surface area contributed by atoms with Gasteiger partial charge in [0.15, 0.2) is 0 Å². The molecule has 1 aromatic heterocycles. The van der Waals surface area contributed by atoms with Crippen LogP contribution < -0.4 is 5.32 Å². The first-order valence-corrected chi connectivity index (χ1v) is 7.22. The Morgan fingerprint density at radius 2 is 1.81 bits per heavy atom. The van der Waals surface area contributed by atoms with Crippen molar-refractivity contribution in [2.75, 3.05) is 0 Å². The molecule has 3 aromatic rings. The first-order chi connectivity index (χ1) is 10.2. The zero-order valence-electron chi connectivity index (χ0n) is 12.4. The number of hydrogen-bond donors (Lipinski definition) is 1. The first kappa shape index (κ1) is 13.7. The Labute approximate surface area is 125 Å². The Hall–Kier alpha value is -2.26. The van der Waals surface area contributed by atoms with E-state index in [2.05, 4.69) is 64.7 Å². The molecule has 1 heterocycles. The number of benzene rings is 2. The summed E-state index contributed by atoms with van der Waals surface area (Å²) in [5, 5.41) is 6.05. The van der Waals surface area contributed by atoms with Gasteiger partial charge < -0.3 is 5.32 Å². The molecule has 0 radical (unpaired) electrons. The number of fused-ring (bicyclic) bond motifs is 1. The average molecular weight is 277 g/mol. The van der Waals surface area contributed by atoms with Gasteiger partial charge in [-0.25, -0.2) is 0 Å². The highest BCUT2D eigenvalue weighted by Crippen LogP contribution is 2.20. The van der Waals surface area contributed by atoms with E-state index in [-0.39, 0.29) is 6.04 Å². The van der Waals surface area contributed by atoms with Gasteiger partial charge in [-0.05, 0) is 36.2 Å². The van der Waals surface area contributed by atoms with E-state index >= 15 is 0 Å². The largest absolute Gasteiger partial charge is 0.305 e. The van der Waals surface area contributed by atoms with Crippen LogP contribution in [0.1, 0.15) is 29.9 Å². The molecule has 3 rings (SSSR count). The van der Waals surface area contributed by atoms with Gasteiger partial charge in [0, 0.05) is 25.0 Å². The van der Waals surface area contributed by atoms with Gasteiger partial charge in [-0.15, -0.1) is 0 Å². The summed E-state index contributed by atoms with van der Waals surface area (Å²) in [6.07, 6.45) is 3.63. The van der Waals surface area contributed by atoms with Crippen molar-refractivity contribution >= 4 is 10.8 Å². The second-order valence-corrected chi connectivity index (χ2v) is 5.36. The molecule has 0 saturated carbocycles. The summed E-state index contributed by atoms with van der Waals surface area (Å²) in [7, 11) is 0.